The van der Waals surface area contributed by atoms with E-state index >= 15 is 0 Å². The standard InChI is InChI=1S/C42H64N6O4/c1-25(2)27(5)38(7)17-18-39(8)28-13-14-32-37(6)20-31(48-35(44-24-46-48)30-12-11-19-45-47-30)34(52-22-41(10,43)26(3)4)42(32,23-51-21-37)29(28)15-16-40(39,9)33(38)36(49)50/h11-12,15,19,24-28,31-34H,13-14,16-18,20-23,43H2,1-10H3,(H,49,50)/t27-,28+,31-,32-,33-,34+,37-,38-,39-,40+,41+,42+/m1/s1. The topological polar surface area (TPSA) is 138 Å². The van der Waals surface area contributed by atoms with Gasteiger partial charge in [-0.25, -0.2) is 9.67 Å². The molecule has 0 unspecified atom stereocenters. The molecule has 1 aliphatic heterocycles. The lowest BCUT2D eigenvalue weighted by atomic mass is 9.34. The van der Waals surface area contributed by atoms with Crippen LogP contribution in [0.5, 0.6) is 0 Å². The number of rotatable bonds is 9. The molecule has 286 valence electrons. The molecule has 0 aromatic carbocycles. The number of ether oxygens (including phenoxy) is 2. The van der Waals surface area contributed by atoms with Gasteiger partial charge < -0.3 is 20.3 Å². The van der Waals surface area contributed by atoms with Crippen LogP contribution < -0.4 is 5.73 Å². The van der Waals surface area contributed by atoms with Gasteiger partial charge in [-0.15, -0.1) is 5.10 Å². The first-order valence-electron chi connectivity index (χ1n) is 20.0. The summed E-state index contributed by atoms with van der Waals surface area (Å²) in [6.07, 6.45) is 11.1. The fourth-order valence-corrected chi connectivity index (χ4v) is 12.6. The summed E-state index contributed by atoms with van der Waals surface area (Å²) in [4.78, 5) is 18.4. The third kappa shape index (κ3) is 5.23. The summed E-state index contributed by atoms with van der Waals surface area (Å²) in [7, 11) is 0. The maximum absolute atomic E-state index is 13.6. The van der Waals surface area contributed by atoms with E-state index in [4.69, 9.17) is 25.3 Å². The van der Waals surface area contributed by atoms with Gasteiger partial charge in [-0.05, 0) is 109 Å². The van der Waals surface area contributed by atoms with Crippen molar-refractivity contribution in [1.29, 1.82) is 0 Å². The molecule has 10 heteroatoms. The summed E-state index contributed by atoms with van der Waals surface area (Å²) in [6.45, 7) is 24.3. The Kier molecular flexibility index (Phi) is 9.18. The second kappa shape index (κ2) is 12.7. The fourth-order valence-electron chi connectivity index (χ4n) is 12.6. The van der Waals surface area contributed by atoms with E-state index in [9.17, 15) is 9.90 Å². The Bertz CT molecular complexity index is 1690. The van der Waals surface area contributed by atoms with E-state index in [1.807, 2.05) is 12.1 Å². The first-order valence-corrected chi connectivity index (χ1v) is 20.0. The van der Waals surface area contributed by atoms with Crippen LogP contribution in [0.2, 0.25) is 0 Å². The minimum absolute atomic E-state index is 0.132. The first-order chi connectivity index (χ1) is 24.4. The molecule has 1 saturated heterocycles. The predicted molar refractivity (Wildman–Crippen MR) is 201 cm³/mol. The molecule has 3 heterocycles. The van der Waals surface area contributed by atoms with Gasteiger partial charge in [-0.1, -0.05) is 74.0 Å². The Balaban J connectivity index is 1.40. The van der Waals surface area contributed by atoms with Gasteiger partial charge in [0.1, 0.15) is 12.0 Å². The number of aromatic nitrogens is 5. The van der Waals surface area contributed by atoms with E-state index in [-0.39, 0.29) is 46.1 Å². The second-order valence-corrected chi connectivity index (χ2v) is 19.7. The molecule has 2 bridgehead atoms. The fraction of sp³-hybridized carbons (Fsp3) is 0.786. The Labute approximate surface area is 311 Å². The highest BCUT2D eigenvalue weighted by atomic mass is 16.5. The molecule has 4 fully saturated rings. The lowest BCUT2D eigenvalue weighted by Crippen LogP contribution is -2.70. The highest BCUT2D eigenvalue weighted by molar-refractivity contribution is 5.73. The van der Waals surface area contributed by atoms with Gasteiger partial charge in [0.15, 0.2) is 5.82 Å². The first kappa shape index (κ1) is 37.6. The van der Waals surface area contributed by atoms with Crippen LogP contribution in [-0.2, 0) is 14.3 Å². The van der Waals surface area contributed by atoms with Crippen molar-refractivity contribution in [2.24, 2.45) is 68.3 Å². The van der Waals surface area contributed by atoms with Crippen molar-refractivity contribution < 1.29 is 19.4 Å². The minimum atomic E-state index is -0.640. The molecule has 2 aromatic heterocycles. The van der Waals surface area contributed by atoms with Gasteiger partial charge in [-0.3, -0.25) is 4.79 Å². The van der Waals surface area contributed by atoms with Crippen molar-refractivity contribution in [2.45, 2.75) is 125 Å². The molecular weight excluding hydrogens is 652 g/mol. The largest absolute Gasteiger partial charge is 0.481 e. The van der Waals surface area contributed by atoms with E-state index in [1.54, 1.807) is 12.5 Å². The van der Waals surface area contributed by atoms with Crippen LogP contribution >= 0.6 is 0 Å². The van der Waals surface area contributed by atoms with Crippen LogP contribution in [0.3, 0.4) is 0 Å². The average molecular weight is 717 g/mol. The van der Waals surface area contributed by atoms with Gasteiger partial charge in [0.2, 0.25) is 0 Å². The number of carboxylic acids is 1. The molecule has 12 atom stereocenters. The lowest BCUT2D eigenvalue weighted by Gasteiger charge is -2.71. The van der Waals surface area contributed by atoms with Crippen molar-refractivity contribution >= 4 is 5.97 Å². The molecule has 3 saturated carbocycles. The van der Waals surface area contributed by atoms with Crippen molar-refractivity contribution in [1.82, 2.24) is 25.0 Å². The number of nitrogens with zero attached hydrogens (tertiary/aromatic N) is 5. The minimum Gasteiger partial charge on any atom is -0.481 e. The van der Waals surface area contributed by atoms with Crippen LogP contribution in [0.25, 0.3) is 11.5 Å². The molecule has 5 aliphatic rings. The second-order valence-electron chi connectivity index (χ2n) is 19.7. The summed E-state index contributed by atoms with van der Waals surface area (Å²) < 4.78 is 16.2. The molecule has 7 rings (SSSR count). The van der Waals surface area contributed by atoms with Crippen LogP contribution in [0.4, 0.5) is 0 Å². The summed E-state index contributed by atoms with van der Waals surface area (Å²) >= 11 is 0. The molecule has 52 heavy (non-hydrogen) atoms. The zero-order chi connectivity index (χ0) is 37.6. The number of carbonyl (C=O) groups is 1. The Morgan fingerprint density at radius 1 is 1.12 bits per heavy atom. The molecule has 2 aromatic rings. The Hall–Kier alpha value is -2.69. The predicted octanol–water partition coefficient (Wildman–Crippen LogP) is 7.62. The molecule has 3 N–H and O–H groups in total. The van der Waals surface area contributed by atoms with E-state index in [1.165, 1.54) is 5.57 Å². The van der Waals surface area contributed by atoms with Crippen LogP contribution in [0.1, 0.15) is 114 Å². The number of aliphatic carboxylic acids is 1. The zero-order valence-corrected chi connectivity index (χ0v) is 33.4. The van der Waals surface area contributed by atoms with Gasteiger partial charge in [-0.2, -0.15) is 10.2 Å². The number of allylic oxidation sites excluding steroid dienone is 1. The van der Waals surface area contributed by atoms with Crippen LogP contribution in [0, 0.1) is 62.6 Å². The number of carboxylic acid groups (broad SMARTS) is 1. The quantitative estimate of drug-likeness (QED) is 0.251. The number of fused-ring (bicyclic) bond motifs is 3. The highest BCUT2D eigenvalue weighted by Crippen LogP contribution is 2.75. The molecule has 10 nitrogen and oxygen atoms in total. The average Bonchev–Trinajstić information content (AvgIpc) is 3.58. The maximum Gasteiger partial charge on any atom is 0.307 e. The Morgan fingerprint density at radius 3 is 2.52 bits per heavy atom. The number of nitrogens with two attached hydrogens (primary N) is 1. The van der Waals surface area contributed by atoms with Crippen molar-refractivity contribution in [3.05, 3.63) is 36.3 Å². The van der Waals surface area contributed by atoms with Gasteiger partial charge in [0.05, 0.1) is 37.9 Å². The monoisotopic (exact) mass is 716 g/mol. The maximum atomic E-state index is 13.6. The van der Waals surface area contributed by atoms with Crippen molar-refractivity contribution in [3.63, 3.8) is 0 Å². The third-order valence-electron chi connectivity index (χ3n) is 16.6. The SMILES string of the molecule is CC(C)[C@@H](C)[C@@]1(C)CC[C@]2(C)[C@H]3CC[C@@H]4[C@@]5(C)COC[C@@]4(C3=CC[C@@]2(C)[C@@H]1C(=O)O)[C@@H](OC[C@](C)(N)C(C)C)[C@H](n1ncnc1-c1cccnn1)C5. The normalized spacial score (nSPS) is 41.7. The third-order valence-corrected chi connectivity index (χ3v) is 16.6. The van der Waals surface area contributed by atoms with E-state index in [0.29, 0.717) is 43.2 Å². The highest BCUT2D eigenvalue weighted by Gasteiger charge is 2.72. The molecule has 4 aliphatic carbocycles. The van der Waals surface area contributed by atoms with E-state index in [2.05, 4.69) is 90.2 Å². The van der Waals surface area contributed by atoms with Crippen LogP contribution in [0.15, 0.2) is 36.3 Å². The number of hydrogen-bond acceptors (Lipinski definition) is 8. The van der Waals surface area contributed by atoms with Gasteiger partial charge >= 0.3 is 5.97 Å². The van der Waals surface area contributed by atoms with Crippen molar-refractivity contribution in [3.8, 4) is 11.5 Å². The smallest absolute Gasteiger partial charge is 0.307 e. The molecular formula is C42H64N6O4. The molecule has 0 radical (unpaired) electrons. The summed E-state index contributed by atoms with van der Waals surface area (Å²) in [5.74, 6) is 1.05. The Morgan fingerprint density at radius 2 is 1.87 bits per heavy atom. The molecule has 0 amide bonds. The van der Waals surface area contributed by atoms with Crippen molar-refractivity contribution in [2.75, 3.05) is 19.8 Å². The summed E-state index contributed by atoms with van der Waals surface area (Å²) in [6, 6.07) is 3.67. The van der Waals surface area contributed by atoms with Crippen LogP contribution in [-0.4, -0.2) is 67.5 Å². The number of hydrogen-bond donors (Lipinski definition) is 2. The van der Waals surface area contributed by atoms with E-state index < -0.39 is 28.3 Å². The van der Waals surface area contributed by atoms with Gasteiger partial charge in [0.25, 0.3) is 0 Å². The van der Waals surface area contributed by atoms with Gasteiger partial charge in [0, 0.05) is 17.2 Å². The zero-order valence-electron chi connectivity index (χ0n) is 33.4. The summed E-state index contributed by atoms with van der Waals surface area (Å²) in [5, 5.41) is 24.7. The van der Waals surface area contributed by atoms with E-state index in [0.717, 1.165) is 38.5 Å². The molecule has 0 spiro atoms. The lowest BCUT2D eigenvalue weighted by molar-refractivity contribution is -0.254. The summed E-state index contributed by atoms with van der Waals surface area (Å²) in [5.41, 5.74) is 7.06.